The first-order valence-electron chi connectivity index (χ1n) is 11.7. The lowest BCUT2D eigenvalue weighted by Crippen LogP contribution is -2.51. The molecule has 2 aromatic carbocycles. The first kappa shape index (κ1) is 24.3. The van der Waals surface area contributed by atoms with Crippen molar-refractivity contribution >= 4 is 16.6 Å². The average Bonchev–Trinajstić information content (AvgIpc) is 2.79. The molecule has 0 radical (unpaired) electrons. The van der Waals surface area contributed by atoms with E-state index in [0.29, 0.717) is 17.5 Å². The van der Waals surface area contributed by atoms with E-state index in [0.717, 1.165) is 30.4 Å². The Labute approximate surface area is 196 Å². The number of benzene rings is 2. The third-order valence-electron chi connectivity index (χ3n) is 7.05. The fourth-order valence-electron chi connectivity index (χ4n) is 4.65. The highest BCUT2D eigenvalue weighted by Crippen LogP contribution is 2.38. The molecule has 1 heterocycles. The normalized spacial score (nSPS) is 20.8. The van der Waals surface area contributed by atoms with E-state index >= 15 is 0 Å². The van der Waals surface area contributed by atoms with Crippen LogP contribution in [0.2, 0.25) is 0 Å². The van der Waals surface area contributed by atoms with Gasteiger partial charge in [0.25, 0.3) is 0 Å². The first-order valence-corrected chi connectivity index (χ1v) is 13.0. The molecule has 3 nitrogen and oxygen atoms in total. The van der Waals surface area contributed by atoms with Crippen LogP contribution in [0.15, 0.2) is 41.4 Å². The second kappa shape index (κ2) is 10.0. The Balaban J connectivity index is 2.13. The molecule has 0 saturated heterocycles. The summed E-state index contributed by atoms with van der Waals surface area (Å²) in [6.45, 7) is 12.6. The molecule has 3 unspecified atom stereocenters. The largest absolute Gasteiger partial charge is 0.386 e. The lowest BCUT2D eigenvalue weighted by molar-refractivity contribution is 0.596. The minimum atomic E-state index is -1.05. The molecule has 3 atom stereocenters. The molecule has 0 saturated carbocycles. The molecule has 1 aliphatic rings. The van der Waals surface area contributed by atoms with Crippen LogP contribution in [0.25, 0.3) is 11.1 Å². The van der Waals surface area contributed by atoms with Crippen LogP contribution in [0.3, 0.4) is 0 Å². The van der Waals surface area contributed by atoms with E-state index < -0.39 is 15.5 Å². The smallest absolute Gasteiger partial charge is 0.113 e. The maximum atomic E-state index is 13.2. The molecule has 32 heavy (non-hydrogen) atoms. The molecule has 4 heteroatoms. The quantitative estimate of drug-likeness (QED) is 0.530. The molecule has 0 amide bonds. The number of nitrogens with zero attached hydrogens (tertiary/aromatic N) is 1. The van der Waals surface area contributed by atoms with Gasteiger partial charge in [-0.1, -0.05) is 51.8 Å². The molecule has 170 valence electrons. The van der Waals surface area contributed by atoms with Gasteiger partial charge in [0.05, 0.1) is 11.8 Å². The van der Waals surface area contributed by atoms with E-state index in [1.54, 1.807) is 0 Å². The minimum absolute atomic E-state index is 0.174. The molecule has 0 spiro atoms. The lowest BCUT2D eigenvalue weighted by atomic mass is 9.86. The number of rotatable bonds is 6. The molecule has 2 aromatic rings. The molecule has 1 aliphatic heterocycles. The number of aliphatic imine (C=N–C) groups is 1. The van der Waals surface area contributed by atoms with Gasteiger partial charge in [-0.25, -0.2) is 0 Å². The van der Waals surface area contributed by atoms with Gasteiger partial charge < -0.3 is 5.73 Å². The van der Waals surface area contributed by atoms with E-state index in [4.69, 9.17) is 10.7 Å². The van der Waals surface area contributed by atoms with Crippen LogP contribution in [0.5, 0.6) is 0 Å². The standard InChI is InChI=1S/C28H36N2OS/c1-7-11-21-13-15-23(19(5)8-2)25(16-21)24-17-22(14-12-20(24)6)26-18-32(31)28(9-3,10-4)27(29)30-26/h12-17,19,26H,8-10,18H2,1-6H3,(H2,29,30). The molecular formula is C28H36N2OS. The summed E-state index contributed by atoms with van der Waals surface area (Å²) in [4.78, 5) is 4.86. The Morgan fingerprint density at radius 3 is 2.47 bits per heavy atom. The van der Waals surface area contributed by atoms with Gasteiger partial charge in [0, 0.05) is 16.4 Å². The lowest BCUT2D eigenvalue weighted by Gasteiger charge is -2.36. The molecule has 0 bridgehead atoms. The van der Waals surface area contributed by atoms with Crippen LogP contribution in [-0.4, -0.2) is 20.5 Å². The summed E-state index contributed by atoms with van der Waals surface area (Å²) in [5.74, 6) is 7.73. The van der Waals surface area contributed by atoms with Gasteiger partial charge in [-0.3, -0.25) is 9.20 Å². The zero-order chi connectivity index (χ0) is 23.5. The number of aryl methyl sites for hydroxylation is 1. The fourth-order valence-corrected chi connectivity index (χ4v) is 6.45. The van der Waals surface area contributed by atoms with Crippen molar-refractivity contribution in [3.8, 4) is 23.0 Å². The van der Waals surface area contributed by atoms with Gasteiger partial charge >= 0.3 is 0 Å². The first-order chi connectivity index (χ1) is 15.3. The second-order valence-electron chi connectivity index (χ2n) is 8.80. The monoisotopic (exact) mass is 448 g/mol. The van der Waals surface area contributed by atoms with E-state index in [2.05, 4.69) is 82.9 Å². The molecular weight excluding hydrogens is 412 g/mol. The maximum Gasteiger partial charge on any atom is 0.113 e. The number of amidine groups is 1. The Morgan fingerprint density at radius 1 is 1.16 bits per heavy atom. The van der Waals surface area contributed by atoms with Crippen LogP contribution in [0.1, 0.15) is 88.1 Å². The number of nitrogens with two attached hydrogens (primary N) is 1. The average molecular weight is 449 g/mol. The summed E-state index contributed by atoms with van der Waals surface area (Å²) in [7, 11) is -1.05. The summed E-state index contributed by atoms with van der Waals surface area (Å²) < 4.78 is 12.7. The van der Waals surface area contributed by atoms with Crippen LogP contribution < -0.4 is 5.73 Å². The Kier molecular flexibility index (Phi) is 7.62. The van der Waals surface area contributed by atoms with Crippen molar-refractivity contribution in [2.24, 2.45) is 10.7 Å². The molecule has 0 aliphatic carbocycles. The summed E-state index contributed by atoms with van der Waals surface area (Å²) in [5, 5.41) is 0. The molecule has 0 fully saturated rings. The molecule has 3 rings (SSSR count). The number of hydrogen-bond donors (Lipinski definition) is 1. The van der Waals surface area contributed by atoms with Crippen molar-refractivity contribution in [3.63, 3.8) is 0 Å². The van der Waals surface area contributed by atoms with Crippen LogP contribution in [-0.2, 0) is 10.8 Å². The highest BCUT2D eigenvalue weighted by atomic mass is 32.2. The van der Waals surface area contributed by atoms with Crippen molar-refractivity contribution in [3.05, 3.63) is 58.7 Å². The van der Waals surface area contributed by atoms with Crippen LogP contribution in [0.4, 0.5) is 0 Å². The van der Waals surface area contributed by atoms with Crippen molar-refractivity contribution < 1.29 is 4.21 Å². The van der Waals surface area contributed by atoms with Crippen LogP contribution in [0, 0.1) is 18.8 Å². The second-order valence-corrected chi connectivity index (χ2v) is 10.6. The molecule has 0 aromatic heterocycles. The third-order valence-corrected chi connectivity index (χ3v) is 9.33. The van der Waals surface area contributed by atoms with Gasteiger partial charge in [-0.2, -0.15) is 0 Å². The van der Waals surface area contributed by atoms with E-state index in [-0.39, 0.29) is 6.04 Å². The van der Waals surface area contributed by atoms with Gasteiger partial charge in [0.2, 0.25) is 0 Å². The third kappa shape index (κ3) is 4.41. The van der Waals surface area contributed by atoms with Crippen molar-refractivity contribution in [1.29, 1.82) is 0 Å². The van der Waals surface area contributed by atoms with Gasteiger partial charge in [-0.15, -0.1) is 5.92 Å². The summed E-state index contributed by atoms with van der Waals surface area (Å²) in [6.07, 6.45) is 2.57. The zero-order valence-corrected chi connectivity index (χ0v) is 21.1. The predicted octanol–water partition coefficient (Wildman–Crippen LogP) is 6.27. The van der Waals surface area contributed by atoms with E-state index in [1.807, 2.05) is 6.92 Å². The van der Waals surface area contributed by atoms with Gasteiger partial charge in [0.1, 0.15) is 10.6 Å². The van der Waals surface area contributed by atoms with Crippen molar-refractivity contribution in [1.82, 2.24) is 0 Å². The van der Waals surface area contributed by atoms with Crippen molar-refractivity contribution in [2.75, 3.05) is 5.75 Å². The highest BCUT2D eigenvalue weighted by molar-refractivity contribution is 7.87. The SMILES string of the molecule is CC#Cc1ccc(C(C)CC)c(-c2cc(C3CS(=O)C(CC)(CC)C(N)=N3)ccc2C)c1. The topological polar surface area (TPSA) is 55.5 Å². The minimum Gasteiger partial charge on any atom is -0.386 e. The van der Waals surface area contributed by atoms with Gasteiger partial charge in [-0.05, 0) is 85.0 Å². The van der Waals surface area contributed by atoms with E-state index in [1.165, 1.54) is 22.3 Å². The van der Waals surface area contributed by atoms with Gasteiger partial charge in [0.15, 0.2) is 0 Å². The summed E-state index contributed by atoms with van der Waals surface area (Å²) >= 11 is 0. The fraction of sp³-hybridized carbons (Fsp3) is 0.464. The Hall–Kier alpha value is -2.38. The Bertz CT molecular complexity index is 1100. The zero-order valence-electron chi connectivity index (χ0n) is 20.3. The highest BCUT2D eigenvalue weighted by Gasteiger charge is 2.42. The maximum absolute atomic E-state index is 13.2. The summed E-state index contributed by atoms with van der Waals surface area (Å²) in [6, 6.07) is 12.9. The van der Waals surface area contributed by atoms with E-state index in [9.17, 15) is 4.21 Å². The number of hydrogen-bond acceptors (Lipinski definition) is 3. The van der Waals surface area contributed by atoms with Crippen molar-refractivity contribution in [2.45, 2.75) is 77.5 Å². The summed E-state index contributed by atoms with van der Waals surface area (Å²) in [5.41, 5.74) is 13.5. The molecule has 2 N–H and O–H groups in total. The van der Waals surface area contributed by atoms with Crippen LogP contribution >= 0.6 is 0 Å². The Morgan fingerprint density at radius 2 is 1.88 bits per heavy atom. The predicted molar refractivity (Wildman–Crippen MR) is 139 cm³/mol.